The summed E-state index contributed by atoms with van der Waals surface area (Å²) < 4.78 is 6.79. The molecule has 2 nitrogen and oxygen atoms in total. The Balaban J connectivity index is 2.64. The summed E-state index contributed by atoms with van der Waals surface area (Å²) in [5.41, 5.74) is 0. The van der Waals surface area contributed by atoms with Crippen LogP contribution in [-0.4, -0.2) is 26.1 Å². The van der Waals surface area contributed by atoms with Crippen molar-refractivity contribution in [2.24, 2.45) is 0 Å². The minimum Gasteiger partial charge on any atom is -0.405 e. The third-order valence-electron chi connectivity index (χ3n) is 4.33. The van der Waals surface area contributed by atoms with Crippen LogP contribution in [0, 0.1) is 0 Å². The third-order valence-corrected chi connectivity index (χ3v) is 9.49. The fraction of sp³-hybridized carbons (Fsp3) is 0.400. The molecule has 23 heavy (non-hydrogen) atoms. The van der Waals surface area contributed by atoms with Crippen molar-refractivity contribution in [3.8, 4) is 0 Å². The maximum absolute atomic E-state index is 9.31. The van der Waals surface area contributed by atoms with Crippen LogP contribution in [0.15, 0.2) is 60.7 Å². The van der Waals surface area contributed by atoms with Crippen LogP contribution in [0.3, 0.4) is 0 Å². The van der Waals surface area contributed by atoms with Gasteiger partial charge in [0.2, 0.25) is 0 Å². The minimum atomic E-state index is -2.46. The fourth-order valence-electron chi connectivity index (χ4n) is 3.23. The van der Waals surface area contributed by atoms with Crippen LogP contribution < -0.4 is 10.4 Å². The molecule has 0 amide bonds. The van der Waals surface area contributed by atoms with Crippen molar-refractivity contribution in [2.75, 3.05) is 6.61 Å². The van der Waals surface area contributed by atoms with Gasteiger partial charge in [0.05, 0.1) is 0 Å². The van der Waals surface area contributed by atoms with Crippen molar-refractivity contribution >= 4 is 18.7 Å². The van der Waals surface area contributed by atoms with Gasteiger partial charge < -0.3 is 9.53 Å². The van der Waals surface area contributed by atoms with Crippen LogP contribution in [0.1, 0.15) is 34.1 Å². The standard InChI is InChI=1S/C20H28O2Si/c1-17(15-16-21)22-23(20(2,3)4,18-11-7-5-8-12-18)19-13-9-6-10-14-19/h5-14,17,21H,15-16H2,1-4H3/t17-/m0/s1. The average molecular weight is 329 g/mol. The van der Waals surface area contributed by atoms with Crippen molar-refractivity contribution in [3.05, 3.63) is 60.7 Å². The van der Waals surface area contributed by atoms with Crippen molar-refractivity contribution in [1.29, 1.82) is 0 Å². The Morgan fingerprint density at radius 2 is 1.35 bits per heavy atom. The molecular weight excluding hydrogens is 300 g/mol. The zero-order valence-electron chi connectivity index (χ0n) is 14.6. The van der Waals surface area contributed by atoms with E-state index < -0.39 is 8.32 Å². The Labute approximate surface area is 141 Å². The highest BCUT2D eigenvalue weighted by Crippen LogP contribution is 2.37. The first-order valence-corrected chi connectivity index (χ1v) is 10.2. The van der Waals surface area contributed by atoms with Crippen molar-refractivity contribution in [1.82, 2.24) is 0 Å². The van der Waals surface area contributed by atoms with Crippen LogP contribution >= 0.6 is 0 Å². The molecule has 0 spiro atoms. The van der Waals surface area contributed by atoms with Gasteiger partial charge in [-0.15, -0.1) is 0 Å². The summed E-state index contributed by atoms with van der Waals surface area (Å²) in [6.45, 7) is 9.02. The van der Waals surface area contributed by atoms with E-state index in [4.69, 9.17) is 4.43 Å². The first kappa shape index (κ1) is 17.9. The molecule has 2 aromatic carbocycles. The zero-order chi connectivity index (χ0) is 16.9. The lowest BCUT2D eigenvalue weighted by molar-refractivity contribution is 0.159. The quantitative estimate of drug-likeness (QED) is 0.824. The van der Waals surface area contributed by atoms with Crippen LogP contribution in [0.25, 0.3) is 0 Å². The van der Waals surface area contributed by atoms with E-state index in [1.54, 1.807) is 0 Å². The first-order chi connectivity index (χ1) is 10.9. The Hall–Kier alpha value is -1.42. The molecule has 0 unspecified atom stereocenters. The van der Waals surface area contributed by atoms with E-state index in [9.17, 15) is 5.11 Å². The predicted octanol–water partition coefficient (Wildman–Crippen LogP) is 3.33. The van der Waals surface area contributed by atoms with Crippen LogP contribution in [0.4, 0.5) is 0 Å². The molecule has 0 bridgehead atoms. The molecule has 1 atom stereocenters. The molecule has 0 saturated heterocycles. The first-order valence-electron chi connectivity index (χ1n) is 8.31. The van der Waals surface area contributed by atoms with E-state index >= 15 is 0 Å². The molecule has 0 aliphatic carbocycles. The second-order valence-electron chi connectivity index (χ2n) is 7.10. The molecule has 124 valence electrons. The molecule has 2 aromatic rings. The topological polar surface area (TPSA) is 29.5 Å². The summed E-state index contributed by atoms with van der Waals surface area (Å²) >= 11 is 0. The summed E-state index contributed by atoms with van der Waals surface area (Å²) in [5, 5.41) is 11.9. The maximum Gasteiger partial charge on any atom is 0.261 e. The van der Waals surface area contributed by atoms with E-state index in [-0.39, 0.29) is 17.7 Å². The van der Waals surface area contributed by atoms with Gasteiger partial charge in [-0.05, 0) is 28.8 Å². The number of hydrogen-bond donors (Lipinski definition) is 1. The van der Waals surface area contributed by atoms with Gasteiger partial charge in [0.15, 0.2) is 0 Å². The average Bonchev–Trinajstić information content (AvgIpc) is 2.53. The highest BCUT2D eigenvalue weighted by atomic mass is 28.4. The van der Waals surface area contributed by atoms with Gasteiger partial charge >= 0.3 is 0 Å². The highest BCUT2D eigenvalue weighted by Gasteiger charge is 2.50. The second kappa shape index (κ2) is 7.43. The lowest BCUT2D eigenvalue weighted by Crippen LogP contribution is -2.67. The smallest absolute Gasteiger partial charge is 0.261 e. The van der Waals surface area contributed by atoms with Crippen molar-refractivity contribution in [3.63, 3.8) is 0 Å². The van der Waals surface area contributed by atoms with Gasteiger partial charge in [0, 0.05) is 12.7 Å². The molecule has 0 aliphatic rings. The van der Waals surface area contributed by atoms with Gasteiger partial charge in [0.1, 0.15) is 0 Å². The van der Waals surface area contributed by atoms with Crippen molar-refractivity contribution in [2.45, 2.75) is 45.3 Å². The minimum absolute atomic E-state index is 0.0145. The summed E-state index contributed by atoms with van der Waals surface area (Å²) in [7, 11) is -2.46. The van der Waals surface area contributed by atoms with Gasteiger partial charge in [-0.3, -0.25) is 0 Å². The molecule has 0 radical (unpaired) electrons. The summed E-state index contributed by atoms with van der Waals surface area (Å²) in [4.78, 5) is 0. The van der Waals surface area contributed by atoms with E-state index in [1.165, 1.54) is 10.4 Å². The molecule has 0 saturated carbocycles. The Morgan fingerprint density at radius 1 is 0.913 bits per heavy atom. The normalized spacial score (nSPS) is 13.8. The summed E-state index contributed by atoms with van der Waals surface area (Å²) in [6, 6.07) is 21.2. The van der Waals surface area contributed by atoms with Gasteiger partial charge in [0.25, 0.3) is 8.32 Å². The molecule has 1 N–H and O–H groups in total. The molecule has 0 heterocycles. The number of aliphatic hydroxyl groups excluding tert-OH is 1. The van der Waals surface area contributed by atoms with E-state index in [0.717, 1.165) is 0 Å². The predicted molar refractivity (Wildman–Crippen MR) is 99.9 cm³/mol. The van der Waals surface area contributed by atoms with Crippen molar-refractivity contribution < 1.29 is 9.53 Å². The lowest BCUT2D eigenvalue weighted by atomic mass is 10.2. The SMILES string of the molecule is C[C@@H](CCO)O[Si](c1ccccc1)(c1ccccc1)C(C)(C)C. The second-order valence-corrected chi connectivity index (χ2v) is 11.4. The molecule has 0 fully saturated rings. The number of benzene rings is 2. The maximum atomic E-state index is 9.31. The molecule has 0 aliphatic heterocycles. The number of aliphatic hydroxyl groups is 1. The zero-order valence-corrected chi connectivity index (χ0v) is 15.6. The molecular formula is C20H28O2Si. The van der Waals surface area contributed by atoms with Gasteiger partial charge in [-0.2, -0.15) is 0 Å². The van der Waals surface area contributed by atoms with Gasteiger partial charge in [-0.25, -0.2) is 0 Å². The van der Waals surface area contributed by atoms with E-state index in [2.05, 4.69) is 76.2 Å². The number of hydrogen-bond acceptors (Lipinski definition) is 2. The van der Waals surface area contributed by atoms with Gasteiger partial charge in [-0.1, -0.05) is 81.4 Å². The van der Waals surface area contributed by atoms with Crippen LogP contribution in [0.2, 0.25) is 5.04 Å². The Bertz CT molecular complexity index is 551. The fourth-order valence-corrected chi connectivity index (χ4v) is 7.97. The van der Waals surface area contributed by atoms with E-state index in [1.807, 2.05) is 12.1 Å². The monoisotopic (exact) mass is 328 g/mol. The molecule has 2 rings (SSSR count). The van der Waals surface area contributed by atoms with Crippen LogP contribution in [-0.2, 0) is 4.43 Å². The Kier molecular flexibility index (Phi) is 5.79. The largest absolute Gasteiger partial charge is 0.405 e. The number of rotatable bonds is 6. The molecule has 0 aromatic heterocycles. The highest BCUT2D eigenvalue weighted by molar-refractivity contribution is 6.99. The lowest BCUT2D eigenvalue weighted by Gasteiger charge is -2.44. The summed E-state index contributed by atoms with van der Waals surface area (Å²) in [5.74, 6) is 0. The summed E-state index contributed by atoms with van der Waals surface area (Å²) in [6.07, 6.45) is 0.677. The van der Waals surface area contributed by atoms with Crippen LogP contribution in [0.5, 0.6) is 0 Å². The Morgan fingerprint density at radius 3 is 1.70 bits per heavy atom. The third kappa shape index (κ3) is 3.74. The van der Waals surface area contributed by atoms with E-state index in [0.29, 0.717) is 6.42 Å². The molecule has 3 heteroatoms.